The fourth-order valence-corrected chi connectivity index (χ4v) is 4.19. The Bertz CT molecular complexity index is 854. The third-order valence-electron chi connectivity index (χ3n) is 5.24. The summed E-state index contributed by atoms with van der Waals surface area (Å²) in [5, 5.41) is 4.24. The molecule has 8 heteroatoms. The number of carbonyl (C=O) groups excluding carboxylic acids is 2. The lowest BCUT2D eigenvalue weighted by atomic mass is 9.81. The van der Waals surface area contributed by atoms with Crippen molar-refractivity contribution in [1.29, 1.82) is 0 Å². The number of hydrogen-bond acceptors (Lipinski definition) is 5. The van der Waals surface area contributed by atoms with Crippen molar-refractivity contribution < 1.29 is 18.7 Å². The van der Waals surface area contributed by atoms with E-state index in [9.17, 15) is 14.0 Å². The highest BCUT2D eigenvalue weighted by Gasteiger charge is 2.63. The number of imide groups is 1. The van der Waals surface area contributed by atoms with Gasteiger partial charge in [-0.15, -0.1) is 5.10 Å². The zero-order valence-corrected chi connectivity index (χ0v) is 13.2. The quantitative estimate of drug-likeness (QED) is 0.782. The fourth-order valence-electron chi connectivity index (χ4n) is 4.19. The molecule has 25 heavy (non-hydrogen) atoms. The zero-order chi connectivity index (χ0) is 17.1. The summed E-state index contributed by atoms with van der Waals surface area (Å²) >= 11 is 0. The summed E-state index contributed by atoms with van der Waals surface area (Å²) in [6.07, 6.45) is 2.76. The summed E-state index contributed by atoms with van der Waals surface area (Å²) in [7, 11) is 0. The molecule has 0 unspecified atom stereocenters. The Balaban J connectivity index is 1.40. The van der Waals surface area contributed by atoms with Gasteiger partial charge in [-0.25, -0.2) is 14.0 Å². The predicted molar refractivity (Wildman–Crippen MR) is 82.9 cm³/mol. The van der Waals surface area contributed by atoms with Crippen molar-refractivity contribution in [3.63, 3.8) is 0 Å². The number of rotatable bonds is 3. The minimum absolute atomic E-state index is 0.0835. The molecule has 3 aliphatic rings. The molecule has 1 aromatic carbocycles. The highest BCUT2D eigenvalue weighted by Crippen LogP contribution is 2.48. The Hall–Kier alpha value is -2.61. The minimum atomic E-state index is -0.401. The number of benzene rings is 1. The van der Waals surface area contributed by atoms with Crippen molar-refractivity contribution in [2.24, 2.45) is 11.8 Å². The Kier molecular flexibility index (Phi) is 3.05. The number of carbonyl (C=O) groups is 2. The first-order valence-corrected chi connectivity index (χ1v) is 8.29. The van der Waals surface area contributed by atoms with Crippen molar-refractivity contribution in [2.75, 3.05) is 4.90 Å². The zero-order valence-electron chi connectivity index (χ0n) is 13.2. The van der Waals surface area contributed by atoms with Crippen LogP contribution in [-0.4, -0.2) is 38.8 Å². The molecule has 2 aromatic rings. The van der Waals surface area contributed by atoms with E-state index in [0.29, 0.717) is 6.54 Å². The average molecular weight is 342 g/mol. The molecule has 128 valence electrons. The van der Waals surface area contributed by atoms with Crippen molar-refractivity contribution in [2.45, 2.75) is 31.6 Å². The van der Waals surface area contributed by atoms with Crippen LogP contribution in [-0.2, 0) is 20.9 Å². The van der Waals surface area contributed by atoms with Crippen LogP contribution < -0.4 is 4.90 Å². The molecule has 1 aromatic heterocycles. The topological polar surface area (TPSA) is 77.3 Å². The van der Waals surface area contributed by atoms with E-state index in [1.54, 1.807) is 12.1 Å². The molecular weight excluding hydrogens is 327 g/mol. The number of halogens is 1. The van der Waals surface area contributed by atoms with E-state index < -0.39 is 11.8 Å². The van der Waals surface area contributed by atoms with Gasteiger partial charge in [0.25, 0.3) is 5.95 Å². The van der Waals surface area contributed by atoms with Crippen molar-refractivity contribution in [1.82, 2.24) is 14.8 Å². The number of amides is 2. The number of nitrogens with zero attached hydrogens (tertiary/aromatic N) is 4. The lowest BCUT2D eigenvalue weighted by Crippen LogP contribution is -2.35. The summed E-state index contributed by atoms with van der Waals surface area (Å²) in [5.41, 5.74) is 0.721. The van der Waals surface area contributed by atoms with E-state index in [1.165, 1.54) is 23.1 Å². The number of hydrogen-bond donors (Lipinski definition) is 0. The summed E-state index contributed by atoms with van der Waals surface area (Å²) in [4.78, 5) is 30.6. The van der Waals surface area contributed by atoms with Gasteiger partial charge >= 0.3 is 0 Å². The van der Waals surface area contributed by atoms with E-state index in [1.807, 2.05) is 0 Å². The lowest BCUT2D eigenvalue weighted by Gasteiger charge is -2.14. The molecule has 5 rings (SSSR count). The second-order valence-corrected chi connectivity index (χ2v) is 6.73. The molecular formula is C17H15FN4O3. The molecule has 0 radical (unpaired) electrons. The van der Waals surface area contributed by atoms with Crippen LogP contribution in [0.25, 0.3) is 0 Å². The first kappa shape index (κ1) is 14.7. The molecule has 4 heterocycles. The monoisotopic (exact) mass is 342 g/mol. The van der Waals surface area contributed by atoms with Crippen LogP contribution in [0.3, 0.4) is 0 Å². The number of anilines is 1. The molecule has 0 N–H and O–H groups in total. The third kappa shape index (κ3) is 2.13. The lowest BCUT2D eigenvalue weighted by molar-refractivity contribution is -0.124. The SMILES string of the molecule is O=C1[C@@H]2[C@@H](C(=O)N1c1ncn(Cc3cccc(F)c3)n1)[C@H]1CC[C@@H]2O1. The second-order valence-electron chi connectivity index (χ2n) is 6.73. The summed E-state index contributed by atoms with van der Waals surface area (Å²) in [5.74, 6) is -1.59. The number of fused-ring (bicyclic) bond motifs is 5. The van der Waals surface area contributed by atoms with Gasteiger partial charge in [-0.05, 0) is 30.5 Å². The van der Waals surface area contributed by atoms with Gasteiger partial charge in [-0.3, -0.25) is 9.59 Å². The predicted octanol–water partition coefficient (Wildman–Crippen LogP) is 1.13. The van der Waals surface area contributed by atoms with Crippen LogP contribution in [0.1, 0.15) is 18.4 Å². The molecule has 3 fully saturated rings. The summed E-state index contributed by atoms with van der Waals surface area (Å²) in [6, 6.07) is 6.17. The number of aromatic nitrogens is 3. The molecule has 0 saturated carbocycles. The van der Waals surface area contributed by atoms with E-state index >= 15 is 0 Å². The van der Waals surface area contributed by atoms with Crippen LogP contribution in [0.4, 0.5) is 10.3 Å². The standard InChI is InChI=1S/C17H15FN4O3/c18-10-3-1-2-9(6-10)7-21-8-19-17(20-21)22-15(23)13-11-4-5-12(25-11)14(13)16(22)24/h1-3,6,8,11-14H,4-5,7H2/t11-,12+,13-,14-/m0/s1. The van der Waals surface area contributed by atoms with Gasteiger partial charge in [0.05, 0.1) is 30.6 Å². The largest absolute Gasteiger partial charge is 0.373 e. The number of ether oxygens (including phenoxy) is 1. The first-order valence-electron chi connectivity index (χ1n) is 8.29. The van der Waals surface area contributed by atoms with E-state index in [4.69, 9.17) is 4.74 Å². The highest BCUT2D eigenvalue weighted by atomic mass is 19.1. The van der Waals surface area contributed by atoms with Crippen LogP contribution in [0.2, 0.25) is 0 Å². The van der Waals surface area contributed by atoms with Crippen LogP contribution in [0.5, 0.6) is 0 Å². The molecule has 3 aliphatic heterocycles. The van der Waals surface area contributed by atoms with Crippen LogP contribution in [0.15, 0.2) is 30.6 Å². The van der Waals surface area contributed by atoms with Gasteiger partial charge in [0.1, 0.15) is 12.1 Å². The van der Waals surface area contributed by atoms with Gasteiger partial charge in [-0.1, -0.05) is 12.1 Å². The van der Waals surface area contributed by atoms with E-state index in [-0.39, 0.29) is 35.8 Å². The molecule has 2 bridgehead atoms. The van der Waals surface area contributed by atoms with Crippen molar-refractivity contribution in [3.05, 3.63) is 42.0 Å². The van der Waals surface area contributed by atoms with Crippen LogP contribution >= 0.6 is 0 Å². The van der Waals surface area contributed by atoms with Gasteiger partial charge < -0.3 is 4.74 Å². The van der Waals surface area contributed by atoms with Gasteiger partial charge in [0.15, 0.2) is 0 Å². The maximum Gasteiger partial charge on any atom is 0.258 e. The van der Waals surface area contributed by atoms with E-state index in [2.05, 4.69) is 10.1 Å². The maximum absolute atomic E-state index is 13.3. The normalized spacial score (nSPS) is 30.4. The van der Waals surface area contributed by atoms with E-state index in [0.717, 1.165) is 23.3 Å². The second kappa shape index (κ2) is 5.19. The summed E-state index contributed by atoms with van der Waals surface area (Å²) < 4.78 is 20.5. The van der Waals surface area contributed by atoms with Gasteiger partial charge in [0, 0.05) is 0 Å². The Morgan fingerprint density at radius 2 is 1.88 bits per heavy atom. The van der Waals surface area contributed by atoms with Crippen LogP contribution in [0, 0.1) is 17.7 Å². The first-order chi connectivity index (χ1) is 12.1. The Labute approximate surface area is 142 Å². The van der Waals surface area contributed by atoms with Gasteiger partial charge in [-0.2, -0.15) is 4.98 Å². The molecule has 3 saturated heterocycles. The molecule has 7 nitrogen and oxygen atoms in total. The molecule has 0 spiro atoms. The van der Waals surface area contributed by atoms with Crippen molar-refractivity contribution in [3.8, 4) is 0 Å². The fraction of sp³-hybridized carbons (Fsp3) is 0.412. The highest BCUT2D eigenvalue weighted by molar-refractivity contribution is 6.21. The summed E-state index contributed by atoms with van der Waals surface area (Å²) in [6.45, 7) is 0.308. The Morgan fingerprint density at radius 3 is 2.56 bits per heavy atom. The maximum atomic E-state index is 13.3. The smallest absolute Gasteiger partial charge is 0.258 e. The van der Waals surface area contributed by atoms with Crippen molar-refractivity contribution >= 4 is 17.8 Å². The average Bonchev–Trinajstić information content (AvgIpc) is 3.33. The molecule has 2 amide bonds. The molecule has 0 aliphatic carbocycles. The molecule has 4 atom stereocenters. The minimum Gasteiger partial charge on any atom is -0.373 e. The van der Waals surface area contributed by atoms with Gasteiger partial charge in [0.2, 0.25) is 11.8 Å². The third-order valence-corrected chi connectivity index (χ3v) is 5.24. The Morgan fingerprint density at radius 1 is 1.16 bits per heavy atom.